The Balaban J connectivity index is 2.26. The molecule has 0 aliphatic carbocycles. The lowest BCUT2D eigenvalue weighted by Crippen LogP contribution is -2.52. The second kappa shape index (κ2) is 6.08. The number of carbonyl (C=O) groups excluding carboxylic acids is 3. The van der Waals surface area contributed by atoms with Gasteiger partial charge in [-0.25, -0.2) is 9.59 Å². The number of carboxylic acids is 1. The van der Waals surface area contributed by atoms with Crippen molar-refractivity contribution in [1.82, 2.24) is 10.2 Å². The molecule has 1 saturated heterocycles. The Kier molecular flexibility index (Phi) is 4.21. The maximum Gasteiger partial charge on any atom is 0.341 e. The molecule has 8 nitrogen and oxygen atoms in total. The van der Waals surface area contributed by atoms with E-state index in [9.17, 15) is 19.2 Å². The lowest BCUT2D eigenvalue weighted by atomic mass is 10.1. The molecule has 2 N–H and O–H groups in total. The van der Waals surface area contributed by atoms with Gasteiger partial charge in [-0.15, -0.1) is 0 Å². The fourth-order valence-electron chi connectivity index (χ4n) is 1.75. The maximum absolute atomic E-state index is 11.9. The Morgan fingerprint density at radius 2 is 2.09 bits per heavy atom. The molecule has 8 heteroatoms. The molecule has 1 fully saturated rings. The normalized spacial score (nSPS) is 16.7. The minimum absolute atomic E-state index is 0.197. The van der Waals surface area contributed by atoms with Gasteiger partial charge in [-0.1, -0.05) is 12.1 Å². The number of carboxylic acid groups (broad SMARTS) is 1. The second-order valence-corrected chi connectivity index (χ2v) is 4.44. The highest BCUT2D eigenvalue weighted by Crippen LogP contribution is 2.18. The van der Waals surface area contributed by atoms with Gasteiger partial charge in [0.15, 0.2) is 6.61 Å². The first-order valence-electron chi connectivity index (χ1n) is 6.18. The van der Waals surface area contributed by atoms with E-state index in [4.69, 9.17) is 9.84 Å². The molecule has 0 bridgehead atoms. The SMILES string of the molecule is CN1C(=O)NC(=O)/C(=C/c2cccc(OCC(=O)O)c2)C1=O. The van der Waals surface area contributed by atoms with Crippen molar-refractivity contribution in [1.29, 1.82) is 0 Å². The van der Waals surface area contributed by atoms with Gasteiger partial charge in [-0.05, 0) is 23.8 Å². The largest absolute Gasteiger partial charge is 0.482 e. The molecule has 1 aliphatic heterocycles. The van der Waals surface area contributed by atoms with Gasteiger partial charge < -0.3 is 9.84 Å². The maximum atomic E-state index is 11.9. The number of nitrogens with zero attached hydrogens (tertiary/aromatic N) is 1. The topological polar surface area (TPSA) is 113 Å². The van der Waals surface area contributed by atoms with Gasteiger partial charge in [-0.2, -0.15) is 0 Å². The zero-order valence-electron chi connectivity index (χ0n) is 11.5. The Labute approximate surface area is 125 Å². The summed E-state index contributed by atoms with van der Waals surface area (Å²) >= 11 is 0. The molecule has 0 radical (unpaired) electrons. The molecular formula is C14H12N2O6. The van der Waals surface area contributed by atoms with Gasteiger partial charge >= 0.3 is 12.0 Å². The van der Waals surface area contributed by atoms with Crippen LogP contribution in [0.2, 0.25) is 0 Å². The van der Waals surface area contributed by atoms with Gasteiger partial charge in [-0.3, -0.25) is 19.8 Å². The number of urea groups is 1. The van der Waals surface area contributed by atoms with Crippen molar-refractivity contribution in [3.8, 4) is 5.75 Å². The number of carbonyl (C=O) groups is 4. The van der Waals surface area contributed by atoms with Crippen molar-refractivity contribution in [3.05, 3.63) is 35.4 Å². The number of imide groups is 2. The number of barbiturate groups is 1. The van der Waals surface area contributed by atoms with E-state index in [-0.39, 0.29) is 11.3 Å². The summed E-state index contributed by atoms with van der Waals surface area (Å²) in [5, 5.41) is 10.6. The van der Waals surface area contributed by atoms with Gasteiger partial charge in [0.1, 0.15) is 11.3 Å². The fraction of sp³-hybridized carbons (Fsp3) is 0.143. The van der Waals surface area contributed by atoms with Crippen molar-refractivity contribution >= 4 is 29.9 Å². The van der Waals surface area contributed by atoms with Crippen LogP contribution in [0.4, 0.5) is 4.79 Å². The minimum Gasteiger partial charge on any atom is -0.482 e. The van der Waals surface area contributed by atoms with E-state index in [1.807, 2.05) is 5.32 Å². The smallest absolute Gasteiger partial charge is 0.341 e. The van der Waals surface area contributed by atoms with Gasteiger partial charge in [0, 0.05) is 7.05 Å². The molecule has 2 rings (SSSR count). The number of hydrogen-bond acceptors (Lipinski definition) is 5. The molecule has 114 valence electrons. The summed E-state index contributed by atoms with van der Waals surface area (Å²) in [7, 11) is 1.25. The van der Waals surface area contributed by atoms with Crippen LogP contribution in [0.3, 0.4) is 0 Å². The van der Waals surface area contributed by atoms with Crippen LogP contribution < -0.4 is 10.1 Å². The standard InChI is InChI=1S/C14H12N2O6/c1-16-13(20)10(12(19)15-14(16)21)6-8-3-2-4-9(5-8)22-7-11(17)18/h2-6H,7H2,1H3,(H,17,18)(H,15,19,21)/b10-6-. The lowest BCUT2D eigenvalue weighted by molar-refractivity contribution is -0.139. The summed E-state index contributed by atoms with van der Waals surface area (Å²) in [6.45, 7) is -0.503. The Bertz CT molecular complexity index is 694. The van der Waals surface area contributed by atoms with Gasteiger partial charge in [0.25, 0.3) is 11.8 Å². The van der Waals surface area contributed by atoms with E-state index < -0.39 is 30.4 Å². The third-order valence-corrected chi connectivity index (χ3v) is 2.84. The first-order chi connectivity index (χ1) is 10.4. The highest BCUT2D eigenvalue weighted by atomic mass is 16.5. The molecule has 0 spiro atoms. The van der Waals surface area contributed by atoms with Crippen molar-refractivity contribution in [3.63, 3.8) is 0 Å². The number of aliphatic carboxylic acids is 1. The van der Waals surface area contributed by atoms with Crippen LogP contribution in [0.15, 0.2) is 29.8 Å². The summed E-state index contributed by atoms with van der Waals surface area (Å²) in [5.74, 6) is -2.34. The summed E-state index contributed by atoms with van der Waals surface area (Å²) in [4.78, 5) is 46.2. The molecule has 1 aliphatic rings. The van der Waals surface area contributed by atoms with E-state index in [0.29, 0.717) is 5.56 Å². The van der Waals surface area contributed by atoms with E-state index in [1.54, 1.807) is 18.2 Å². The van der Waals surface area contributed by atoms with Crippen LogP contribution in [-0.2, 0) is 14.4 Å². The molecule has 22 heavy (non-hydrogen) atoms. The first-order valence-corrected chi connectivity index (χ1v) is 6.18. The Morgan fingerprint density at radius 3 is 2.77 bits per heavy atom. The van der Waals surface area contributed by atoms with Crippen LogP contribution in [0, 0.1) is 0 Å². The zero-order valence-corrected chi connectivity index (χ0v) is 11.5. The molecule has 1 aromatic carbocycles. The predicted molar refractivity (Wildman–Crippen MR) is 73.9 cm³/mol. The van der Waals surface area contributed by atoms with E-state index in [2.05, 4.69) is 0 Å². The molecule has 0 saturated carbocycles. The third kappa shape index (κ3) is 3.29. The van der Waals surface area contributed by atoms with Crippen LogP contribution in [-0.4, -0.2) is 47.5 Å². The Morgan fingerprint density at radius 1 is 1.36 bits per heavy atom. The summed E-state index contributed by atoms with van der Waals surface area (Å²) in [5.41, 5.74) is 0.265. The predicted octanol–water partition coefficient (Wildman–Crippen LogP) is 0.242. The molecule has 4 amide bonds. The highest BCUT2D eigenvalue weighted by molar-refractivity contribution is 6.30. The van der Waals surface area contributed by atoms with E-state index in [0.717, 1.165) is 4.90 Å². The summed E-state index contributed by atoms with van der Waals surface area (Å²) < 4.78 is 5.01. The van der Waals surface area contributed by atoms with Crippen LogP contribution >= 0.6 is 0 Å². The van der Waals surface area contributed by atoms with Gasteiger partial charge in [0.05, 0.1) is 0 Å². The molecule has 0 unspecified atom stereocenters. The second-order valence-electron chi connectivity index (χ2n) is 4.44. The molecular weight excluding hydrogens is 292 g/mol. The molecule has 1 aromatic rings. The van der Waals surface area contributed by atoms with Gasteiger partial charge in [0.2, 0.25) is 0 Å². The molecule has 0 aromatic heterocycles. The van der Waals surface area contributed by atoms with Crippen molar-refractivity contribution in [2.24, 2.45) is 0 Å². The Hall–Kier alpha value is -3.16. The number of benzene rings is 1. The average Bonchev–Trinajstić information content (AvgIpc) is 2.48. The van der Waals surface area contributed by atoms with Crippen molar-refractivity contribution in [2.75, 3.05) is 13.7 Å². The number of nitrogens with one attached hydrogen (secondary N) is 1. The number of ether oxygens (including phenoxy) is 1. The van der Waals surface area contributed by atoms with Crippen molar-refractivity contribution in [2.45, 2.75) is 0 Å². The fourth-order valence-corrected chi connectivity index (χ4v) is 1.75. The third-order valence-electron chi connectivity index (χ3n) is 2.84. The molecule has 0 atom stereocenters. The zero-order chi connectivity index (χ0) is 16.3. The average molecular weight is 304 g/mol. The number of hydrogen-bond donors (Lipinski definition) is 2. The van der Waals surface area contributed by atoms with Crippen LogP contribution in [0.25, 0.3) is 6.08 Å². The van der Waals surface area contributed by atoms with Crippen molar-refractivity contribution < 1.29 is 29.0 Å². The number of rotatable bonds is 4. The lowest BCUT2D eigenvalue weighted by Gasteiger charge is -2.22. The van der Waals surface area contributed by atoms with Crippen LogP contribution in [0.1, 0.15) is 5.56 Å². The number of likely N-dealkylation sites (N-methyl/N-ethyl adjacent to an activating group) is 1. The van der Waals surface area contributed by atoms with E-state index in [1.165, 1.54) is 19.2 Å². The minimum atomic E-state index is -1.12. The monoisotopic (exact) mass is 304 g/mol. The highest BCUT2D eigenvalue weighted by Gasteiger charge is 2.32. The molecule has 1 heterocycles. The summed E-state index contributed by atoms with van der Waals surface area (Å²) in [6, 6.07) is 5.43. The first kappa shape index (κ1) is 15.2. The van der Waals surface area contributed by atoms with E-state index >= 15 is 0 Å². The summed E-state index contributed by atoms with van der Waals surface area (Å²) in [6.07, 6.45) is 1.30. The number of amides is 4. The quantitative estimate of drug-likeness (QED) is 0.608. The van der Waals surface area contributed by atoms with Crippen LogP contribution in [0.5, 0.6) is 5.75 Å².